The number of anilines is 1. The fraction of sp³-hybridized carbons (Fsp3) is 0.174. The van der Waals surface area contributed by atoms with Gasteiger partial charge in [0.1, 0.15) is 5.76 Å². The van der Waals surface area contributed by atoms with Gasteiger partial charge in [0, 0.05) is 11.8 Å². The Hall–Kier alpha value is -3.72. The van der Waals surface area contributed by atoms with Crippen LogP contribution in [0.3, 0.4) is 0 Å². The summed E-state index contributed by atoms with van der Waals surface area (Å²) < 4.78 is 17.6. The molecule has 2 aromatic heterocycles. The molecule has 1 amide bonds. The van der Waals surface area contributed by atoms with Crippen molar-refractivity contribution >= 4 is 34.3 Å². The van der Waals surface area contributed by atoms with Crippen LogP contribution >= 0.6 is 11.8 Å². The van der Waals surface area contributed by atoms with Crippen LogP contribution in [0.25, 0.3) is 10.9 Å². The van der Waals surface area contributed by atoms with Gasteiger partial charge in [0.25, 0.3) is 5.56 Å². The zero-order chi connectivity index (χ0) is 22.1. The molecule has 0 fully saturated rings. The van der Waals surface area contributed by atoms with Crippen LogP contribution in [0.15, 0.2) is 75.2 Å². The molecule has 162 valence electrons. The Morgan fingerprint density at radius 3 is 2.84 bits per heavy atom. The van der Waals surface area contributed by atoms with E-state index >= 15 is 0 Å². The Balaban J connectivity index is 1.42. The molecule has 9 heteroatoms. The van der Waals surface area contributed by atoms with Crippen LogP contribution < -0.4 is 20.3 Å². The number of thioether (sulfide) groups is 1. The zero-order valence-electron chi connectivity index (χ0n) is 17.1. The minimum atomic E-state index is -0.517. The molecule has 0 saturated carbocycles. The number of amides is 1. The summed E-state index contributed by atoms with van der Waals surface area (Å²) in [5.41, 5.74) is 1.00. The quantitative estimate of drug-likeness (QED) is 0.352. The third kappa shape index (κ3) is 3.94. The standard InChI is InChI=1S/C23H19N3O5S/c1-14(21(27)24-15-8-9-19-20(11-15)31-13-30-19)32-23-25-18-7-3-2-6-17(18)22(28)26(23)12-16-5-4-10-29-16/h2-11,14H,12-13H2,1H3,(H,24,27). The Labute approximate surface area is 187 Å². The Morgan fingerprint density at radius 2 is 2.00 bits per heavy atom. The molecule has 1 unspecified atom stereocenters. The van der Waals surface area contributed by atoms with Crippen LogP contribution in [0, 0.1) is 0 Å². The SMILES string of the molecule is CC(Sc1nc2ccccc2c(=O)n1Cc1ccco1)C(=O)Nc1ccc2c(c1)OCO2. The predicted molar refractivity (Wildman–Crippen MR) is 120 cm³/mol. The molecule has 0 radical (unpaired) electrons. The molecule has 8 nitrogen and oxygen atoms in total. The molecule has 2 aromatic carbocycles. The number of fused-ring (bicyclic) bond motifs is 2. The number of rotatable bonds is 6. The van der Waals surface area contributed by atoms with Gasteiger partial charge in [-0.15, -0.1) is 0 Å². The predicted octanol–water partition coefficient (Wildman–Crippen LogP) is 3.89. The molecule has 0 aliphatic carbocycles. The molecule has 1 aliphatic rings. The number of aromatic nitrogens is 2. The smallest absolute Gasteiger partial charge is 0.262 e. The first-order chi connectivity index (χ1) is 15.6. The van der Waals surface area contributed by atoms with Crippen molar-refractivity contribution < 1.29 is 18.7 Å². The maximum absolute atomic E-state index is 13.2. The molecule has 0 bridgehead atoms. The maximum atomic E-state index is 13.2. The third-order valence-electron chi connectivity index (χ3n) is 5.01. The van der Waals surface area contributed by atoms with Crippen molar-refractivity contribution in [3.05, 3.63) is 77.0 Å². The van der Waals surface area contributed by atoms with Gasteiger partial charge >= 0.3 is 0 Å². The number of hydrogen-bond donors (Lipinski definition) is 1. The molecule has 1 atom stereocenters. The van der Waals surface area contributed by atoms with Crippen LogP contribution in [0.1, 0.15) is 12.7 Å². The lowest BCUT2D eigenvalue weighted by Crippen LogP contribution is -2.27. The minimum absolute atomic E-state index is 0.166. The molecule has 5 rings (SSSR count). The highest BCUT2D eigenvalue weighted by atomic mass is 32.2. The second-order valence-corrected chi connectivity index (χ2v) is 8.51. The number of furan rings is 1. The van der Waals surface area contributed by atoms with Crippen molar-refractivity contribution in [2.24, 2.45) is 0 Å². The van der Waals surface area contributed by atoms with E-state index in [9.17, 15) is 9.59 Å². The fourth-order valence-electron chi connectivity index (χ4n) is 3.37. The van der Waals surface area contributed by atoms with Crippen LogP contribution in [0.4, 0.5) is 5.69 Å². The molecular weight excluding hydrogens is 430 g/mol. The molecule has 0 spiro atoms. The Morgan fingerprint density at radius 1 is 1.16 bits per heavy atom. The van der Waals surface area contributed by atoms with E-state index in [4.69, 9.17) is 13.9 Å². The summed E-state index contributed by atoms with van der Waals surface area (Å²) in [7, 11) is 0. The van der Waals surface area contributed by atoms with E-state index in [1.165, 1.54) is 16.3 Å². The lowest BCUT2D eigenvalue weighted by atomic mass is 10.2. The van der Waals surface area contributed by atoms with Crippen molar-refractivity contribution in [1.29, 1.82) is 0 Å². The molecular formula is C23H19N3O5S. The van der Waals surface area contributed by atoms with E-state index in [2.05, 4.69) is 10.3 Å². The summed E-state index contributed by atoms with van der Waals surface area (Å²) in [4.78, 5) is 30.7. The Kier molecular flexibility index (Phi) is 5.32. The van der Waals surface area contributed by atoms with Gasteiger partial charge in [-0.2, -0.15) is 0 Å². The average Bonchev–Trinajstić information content (AvgIpc) is 3.48. The van der Waals surface area contributed by atoms with E-state index in [1.807, 2.05) is 6.07 Å². The lowest BCUT2D eigenvalue weighted by molar-refractivity contribution is -0.115. The fourth-order valence-corrected chi connectivity index (χ4v) is 4.27. The van der Waals surface area contributed by atoms with Crippen molar-refractivity contribution in [2.75, 3.05) is 12.1 Å². The van der Waals surface area contributed by atoms with E-state index < -0.39 is 5.25 Å². The van der Waals surface area contributed by atoms with Crippen LogP contribution in [0.5, 0.6) is 11.5 Å². The normalized spacial score (nSPS) is 13.3. The largest absolute Gasteiger partial charge is 0.467 e. The monoisotopic (exact) mass is 449 g/mol. The Bertz CT molecular complexity index is 1350. The van der Waals surface area contributed by atoms with Gasteiger partial charge in [-0.05, 0) is 43.3 Å². The van der Waals surface area contributed by atoms with Gasteiger partial charge in [0.05, 0.1) is 29.0 Å². The maximum Gasteiger partial charge on any atom is 0.262 e. The van der Waals surface area contributed by atoms with Gasteiger partial charge < -0.3 is 19.2 Å². The summed E-state index contributed by atoms with van der Waals surface area (Å²) in [5, 5.41) is 3.32. The lowest BCUT2D eigenvalue weighted by Gasteiger charge is -2.16. The molecule has 1 aliphatic heterocycles. The van der Waals surface area contributed by atoms with Gasteiger partial charge in [-0.25, -0.2) is 4.98 Å². The van der Waals surface area contributed by atoms with Crippen LogP contribution in [0.2, 0.25) is 0 Å². The summed E-state index contributed by atoms with van der Waals surface area (Å²) in [5.74, 6) is 1.64. The number of carbonyl (C=O) groups is 1. The van der Waals surface area contributed by atoms with E-state index in [0.717, 1.165) is 0 Å². The summed E-state index contributed by atoms with van der Waals surface area (Å²) >= 11 is 1.22. The first-order valence-corrected chi connectivity index (χ1v) is 10.9. The molecule has 1 N–H and O–H groups in total. The molecule has 0 saturated heterocycles. The topological polar surface area (TPSA) is 95.6 Å². The number of hydrogen-bond acceptors (Lipinski definition) is 7. The average molecular weight is 449 g/mol. The third-order valence-corrected chi connectivity index (χ3v) is 6.10. The van der Waals surface area contributed by atoms with Crippen molar-refractivity contribution in [1.82, 2.24) is 9.55 Å². The second-order valence-electron chi connectivity index (χ2n) is 7.20. The second kappa shape index (κ2) is 8.43. The first-order valence-electron chi connectivity index (χ1n) is 9.97. The van der Waals surface area contributed by atoms with E-state index in [-0.39, 0.29) is 24.8 Å². The van der Waals surface area contributed by atoms with Crippen molar-refractivity contribution in [3.63, 3.8) is 0 Å². The number of ether oxygens (including phenoxy) is 2. The minimum Gasteiger partial charge on any atom is -0.467 e. The number of para-hydroxylation sites is 1. The zero-order valence-corrected chi connectivity index (χ0v) is 17.9. The van der Waals surface area contributed by atoms with E-state index in [0.29, 0.717) is 39.0 Å². The molecule has 3 heterocycles. The van der Waals surface area contributed by atoms with Crippen molar-refractivity contribution in [3.8, 4) is 11.5 Å². The van der Waals surface area contributed by atoms with Gasteiger partial charge in [0.2, 0.25) is 12.7 Å². The van der Waals surface area contributed by atoms with Crippen molar-refractivity contribution in [2.45, 2.75) is 23.9 Å². The van der Waals surface area contributed by atoms with Crippen LogP contribution in [-0.4, -0.2) is 27.5 Å². The highest BCUT2D eigenvalue weighted by molar-refractivity contribution is 8.00. The number of carbonyl (C=O) groups excluding carboxylic acids is 1. The number of nitrogens with one attached hydrogen (secondary N) is 1. The van der Waals surface area contributed by atoms with Gasteiger partial charge in [-0.3, -0.25) is 14.2 Å². The summed E-state index contributed by atoms with van der Waals surface area (Å²) in [6.07, 6.45) is 1.56. The highest BCUT2D eigenvalue weighted by Gasteiger charge is 2.21. The van der Waals surface area contributed by atoms with Gasteiger partial charge in [0.15, 0.2) is 16.7 Å². The van der Waals surface area contributed by atoms with Crippen LogP contribution in [-0.2, 0) is 11.3 Å². The first kappa shape index (κ1) is 20.2. The number of nitrogens with zero attached hydrogens (tertiary/aromatic N) is 2. The van der Waals surface area contributed by atoms with E-state index in [1.54, 1.807) is 61.7 Å². The highest BCUT2D eigenvalue weighted by Crippen LogP contribution is 2.34. The summed E-state index contributed by atoms with van der Waals surface area (Å²) in [6, 6.07) is 16.0. The molecule has 4 aromatic rings. The molecule has 32 heavy (non-hydrogen) atoms. The number of benzene rings is 2. The summed E-state index contributed by atoms with van der Waals surface area (Å²) in [6.45, 7) is 2.16. The van der Waals surface area contributed by atoms with Gasteiger partial charge in [-0.1, -0.05) is 23.9 Å².